The molecule has 0 amide bonds. The number of rotatable bonds is 8. The minimum atomic E-state index is 0.149. The number of hydrogen-bond acceptors (Lipinski definition) is 5. The summed E-state index contributed by atoms with van der Waals surface area (Å²) < 4.78 is 10.5. The van der Waals surface area contributed by atoms with E-state index in [1.54, 1.807) is 26.6 Å². The molecule has 0 saturated carbocycles. The van der Waals surface area contributed by atoms with Crippen LogP contribution >= 0.6 is 0 Å². The molecule has 2 atom stereocenters. The summed E-state index contributed by atoms with van der Waals surface area (Å²) in [4.78, 5) is 8.57. The quantitative estimate of drug-likeness (QED) is 0.767. The Morgan fingerprint density at radius 2 is 1.94 bits per heavy atom. The van der Waals surface area contributed by atoms with Crippen molar-refractivity contribution < 1.29 is 9.47 Å². The lowest BCUT2D eigenvalue weighted by Gasteiger charge is -2.20. The summed E-state index contributed by atoms with van der Waals surface area (Å²) in [7, 11) is 3.35. The zero-order chi connectivity index (χ0) is 13.4. The van der Waals surface area contributed by atoms with Crippen molar-refractivity contribution in [1.82, 2.24) is 15.3 Å². The lowest BCUT2D eigenvalue weighted by Crippen LogP contribution is -2.24. The highest BCUT2D eigenvalue weighted by Gasteiger charge is 2.18. The Kier molecular flexibility index (Phi) is 6.60. The number of nitrogens with zero attached hydrogens (tertiary/aromatic N) is 2. The minimum absolute atomic E-state index is 0.149. The van der Waals surface area contributed by atoms with Crippen molar-refractivity contribution in [2.45, 2.75) is 38.8 Å². The van der Waals surface area contributed by atoms with Crippen LogP contribution in [-0.2, 0) is 4.74 Å². The summed E-state index contributed by atoms with van der Waals surface area (Å²) in [5.74, 6) is 0.591. The normalized spacial score (nSPS) is 14.2. The molecule has 5 nitrogen and oxygen atoms in total. The Labute approximate surface area is 109 Å². The molecule has 0 bridgehead atoms. The van der Waals surface area contributed by atoms with Gasteiger partial charge in [-0.2, -0.15) is 0 Å². The van der Waals surface area contributed by atoms with Crippen molar-refractivity contribution in [2.75, 3.05) is 20.8 Å². The van der Waals surface area contributed by atoms with Crippen LogP contribution in [0.4, 0.5) is 0 Å². The maximum Gasteiger partial charge on any atom is 0.236 e. The summed E-state index contributed by atoms with van der Waals surface area (Å²) in [5, 5.41) is 3.42. The first-order valence-corrected chi connectivity index (χ1v) is 6.34. The summed E-state index contributed by atoms with van der Waals surface area (Å²) in [5.41, 5.74) is 0.866. The maximum atomic E-state index is 5.28. The minimum Gasteiger partial charge on any atom is -0.480 e. The zero-order valence-corrected chi connectivity index (χ0v) is 11.6. The molecule has 1 aromatic rings. The first kappa shape index (κ1) is 14.9. The Hall–Kier alpha value is -1.20. The summed E-state index contributed by atoms with van der Waals surface area (Å²) >= 11 is 0. The Balaban J connectivity index is 2.76. The first-order chi connectivity index (χ1) is 8.72. The van der Waals surface area contributed by atoms with Gasteiger partial charge in [-0.3, -0.25) is 4.98 Å². The molecule has 102 valence electrons. The second-order valence-corrected chi connectivity index (χ2v) is 4.18. The molecule has 1 aromatic heterocycles. The third-order valence-electron chi connectivity index (χ3n) is 2.93. The van der Waals surface area contributed by atoms with Crippen molar-refractivity contribution in [2.24, 2.45) is 0 Å². The topological polar surface area (TPSA) is 56.3 Å². The second-order valence-electron chi connectivity index (χ2n) is 4.18. The molecule has 2 unspecified atom stereocenters. The van der Waals surface area contributed by atoms with Crippen molar-refractivity contribution >= 4 is 0 Å². The van der Waals surface area contributed by atoms with Crippen molar-refractivity contribution in [1.29, 1.82) is 0 Å². The fraction of sp³-hybridized carbons (Fsp3) is 0.692. The van der Waals surface area contributed by atoms with Gasteiger partial charge >= 0.3 is 0 Å². The van der Waals surface area contributed by atoms with E-state index in [4.69, 9.17) is 9.47 Å². The summed E-state index contributed by atoms with van der Waals surface area (Å²) in [6.45, 7) is 5.03. The van der Waals surface area contributed by atoms with Crippen LogP contribution in [0.25, 0.3) is 0 Å². The Morgan fingerprint density at radius 3 is 2.56 bits per heavy atom. The number of nitrogens with one attached hydrogen (secondary N) is 1. The fourth-order valence-electron chi connectivity index (χ4n) is 1.83. The molecule has 5 heteroatoms. The standard InChI is InChI=1S/C13H23N3O2/c1-5-14-11(7-6-10(2)17-3)12-13(18-4)16-9-8-15-12/h8-11,14H,5-7H2,1-4H3. The second kappa shape index (κ2) is 8.00. The van der Waals surface area contributed by atoms with Crippen LogP contribution in [0.3, 0.4) is 0 Å². The van der Waals surface area contributed by atoms with E-state index in [0.717, 1.165) is 25.1 Å². The predicted molar refractivity (Wildman–Crippen MR) is 70.7 cm³/mol. The van der Waals surface area contributed by atoms with Gasteiger partial charge in [0.25, 0.3) is 0 Å². The average Bonchev–Trinajstić information content (AvgIpc) is 2.43. The summed E-state index contributed by atoms with van der Waals surface area (Å²) in [6.07, 6.45) is 5.49. The SMILES string of the molecule is CCNC(CCC(C)OC)c1nccnc1OC. The van der Waals surface area contributed by atoms with E-state index < -0.39 is 0 Å². The van der Waals surface area contributed by atoms with Crippen LogP contribution < -0.4 is 10.1 Å². The van der Waals surface area contributed by atoms with E-state index in [0.29, 0.717) is 5.88 Å². The lowest BCUT2D eigenvalue weighted by molar-refractivity contribution is 0.106. The average molecular weight is 253 g/mol. The molecule has 1 heterocycles. The largest absolute Gasteiger partial charge is 0.480 e. The molecule has 0 aliphatic rings. The third-order valence-corrected chi connectivity index (χ3v) is 2.93. The highest BCUT2D eigenvalue weighted by atomic mass is 16.5. The molecule has 0 saturated heterocycles. The van der Waals surface area contributed by atoms with Crippen LogP contribution in [0.15, 0.2) is 12.4 Å². The monoisotopic (exact) mass is 253 g/mol. The van der Waals surface area contributed by atoms with E-state index in [2.05, 4.69) is 29.1 Å². The van der Waals surface area contributed by atoms with Gasteiger partial charge in [-0.1, -0.05) is 6.92 Å². The predicted octanol–water partition coefficient (Wildman–Crippen LogP) is 1.95. The van der Waals surface area contributed by atoms with Gasteiger partial charge in [0.2, 0.25) is 5.88 Å². The number of methoxy groups -OCH3 is 2. The van der Waals surface area contributed by atoms with E-state index in [9.17, 15) is 0 Å². The molecule has 1 rings (SSSR count). The summed E-state index contributed by atoms with van der Waals surface area (Å²) in [6, 6.07) is 0.149. The van der Waals surface area contributed by atoms with Crippen LogP contribution in [-0.4, -0.2) is 36.8 Å². The Morgan fingerprint density at radius 1 is 1.22 bits per heavy atom. The van der Waals surface area contributed by atoms with Gasteiger partial charge < -0.3 is 14.8 Å². The molecule has 0 spiro atoms. The van der Waals surface area contributed by atoms with E-state index in [1.807, 2.05) is 0 Å². The van der Waals surface area contributed by atoms with Gasteiger partial charge in [-0.15, -0.1) is 0 Å². The first-order valence-electron chi connectivity index (χ1n) is 6.34. The van der Waals surface area contributed by atoms with Gasteiger partial charge in [0.1, 0.15) is 5.69 Å². The van der Waals surface area contributed by atoms with Crippen LogP contribution in [0.5, 0.6) is 5.88 Å². The fourth-order valence-corrected chi connectivity index (χ4v) is 1.83. The molecule has 0 aliphatic heterocycles. The highest BCUT2D eigenvalue weighted by molar-refractivity contribution is 5.21. The van der Waals surface area contributed by atoms with Crippen molar-refractivity contribution in [3.63, 3.8) is 0 Å². The number of ether oxygens (including phenoxy) is 2. The van der Waals surface area contributed by atoms with Gasteiger partial charge in [0.15, 0.2) is 0 Å². The van der Waals surface area contributed by atoms with Gasteiger partial charge in [-0.05, 0) is 26.3 Å². The van der Waals surface area contributed by atoms with Crippen LogP contribution in [0.2, 0.25) is 0 Å². The molecular formula is C13H23N3O2. The van der Waals surface area contributed by atoms with Crippen molar-refractivity contribution in [3.8, 4) is 5.88 Å². The number of aromatic nitrogens is 2. The molecule has 0 radical (unpaired) electrons. The number of hydrogen-bond donors (Lipinski definition) is 1. The molecule has 0 aliphatic carbocycles. The van der Waals surface area contributed by atoms with E-state index in [-0.39, 0.29) is 12.1 Å². The molecule has 0 aromatic carbocycles. The van der Waals surface area contributed by atoms with Gasteiger partial charge in [0, 0.05) is 19.5 Å². The maximum absolute atomic E-state index is 5.28. The van der Waals surface area contributed by atoms with E-state index >= 15 is 0 Å². The van der Waals surface area contributed by atoms with E-state index in [1.165, 1.54) is 0 Å². The lowest BCUT2D eigenvalue weighted by atomic mass is 10.1. The van der Waals surface area contributed by atoms with Gasteiger partial charge in [-0.25, -0.2) is 4.98 Å². The van der Waals surface area contributed by atoms with Gasteiger partial charge in [0.05, 0.1) is 19.3 Å². The Bertz CT molecular complexity index is 347. The zero-order valence-electron chi connectivity index (χ0n) is 11.6. The van der Waals surface area contributed by atoms with Crippen LogP contribution in [0.1, 0.15) is 38.4 Å². The molecule has 18 heavy (non-hydrogen) atoms. The molecule has 1 N–H and O–H groups in total. The molecular weight excluding hydrogens is 230 g/mol. The van der Waals surface area contributed by atoms with Crippen molar-refractivity contribution in [3.05, 3.63) is 18.1 Å². The molecule has 0 fully saturated rings. The third kappa shape index (κ3) is 4.23. The smallest absolute Gasteiger partial charge is 0.236 e. The van der Waals surface area contributed by atoms with Crippen LogP contribution in [0, 0.1) is 0 Å². The highest BCUT2D eigenvalue weighted by Crippen LogP contribution is 2.24.